The SMILES string of the molecule is COc1ccc([N+](=O)[O-])cc1-n1nnc(CO)c1C. The molecule has 0 aliphatic rings. The average molecular weight is 264 g/mol. The van der Waals surface area contributed by atoms with Crippen molar-refractivity contribution < 1.29 is 14.8 Å². The summed E-state index contributed by atoms with van der Waals surface area (Å²) >= 11 is 0. The van der Waals surface area contributed by atoms with E-state index in [1.54, 1.807) is 6.92 Å². The second-order valence-electron chi connectivity index (χ2n) is 3.80. The minimum atomic E-state index is -0.498. The number of nitro benzene ring substituents is 1. The predicted molar refractivity (Wildman–Crippen MR) is 65.2 cm³/mol. The van der Waals surface area contributed by atoms with Crippen LogP contribution in [0.1, 0.15) is 11.4 Å². The molecule has 1 aromatic carbocycles. The van der Waals surface area contributed by atoms with Crippen molar-refractivity contribution in [2.24, 2.45) is 0 Å². The number of aliphatic hydroxyl groups is 1. The van der Waals surface area contributed by atoms with Crippen LogP contribution in [0.2, 0.25) is 0 Å². The lowest BCUT2D eigenvalue weighted by Gasteiger charge is -2.09. The summed E-state index contributed by atoms with van der Waals surface area (Å²) in [6.45, 7) is 1.47. The first-order chi connectivity index (χ1) is 9.08. The Morgan fingerprint density at radius 2 is 2.26 bits per heavy atom. The second kappa shape index (κ2) is 5.02. The van der Waals surface area contributed by atoms with Crippen LogP contribution in [-0.4, -0.2) is 32.1 Å². The zero-order chi connectivity index (χ0) is 14.0. The number of ether oxygens (including phenoxy) is 1. The van der Waals surface area contributed by atoms with E-state index in [9.17, 15) is 10.1 Å². The molecular weight excluding hydrogens is 252 g/mol. The summed E-state index contributed by atoms with van der Waals surface area (Å²) in [4.78, 5) is 10.3. The zero-order valence-electron chi connectivity index (χ0n) is 10.4. The molecule has 1 N–H and O–H groups in total. The Labute approximate surface area is 108 Å². The topological polar surface area (TPSA) is 103 Å². The summed E-state index contributed by atoms with van der Waals surface area (Å²) in [5, 5.41) is 27.6. The molecule has 0 amide bonds. The highest BCUT2D eigenvalue weighted by atomic mass is 16.6. The van der Waals surface area contributed by atoms with Crippen molar-refractivity contribution in [2.75, 3.05) is 7.11 Å². The molecule has 8 heteroatoms. The Morgan fingerprint density at radius 1 is 1.53 bits per heavy atom. The van der Waals surface area contributed by atoms with Gasteiger partial charge in [0.1, 0.15) is 17.1 Å². The van der Waals surface area contributed by atoms with E-state index in [0.29, 0.717) is 22.8 Å². The molecule has 0 bridgehead atoms. The summed E-state index contributed by atoms with van der Waals surface area (Å²) in [7, 11) is 1.46. The predicted octanol–water partition coefficient (Wildman–Crippen LogP) is 0.985. The van der Waals surface area contributed by atoms with E-state index in [1.807, 2.05) is 0 Å². The molecule has 0 aliphatic carbocycles. The van der Waals surface area contributed by atoms with Crippen LogP contribution in [0.25, 0.3) is 5.69 Å². The number of methoxy groups -OCH3 is 1. The van der Waals surface area contributed by atoms with Gasteiger partial charge in [0.25, 0.3) is 5.69 Å². The lowest BCUT2D eigenvalue weighted by atomic mass is 10.2. The molecule has 0 saturated heterocycles. The number of nitro groups is 1. The van der Waals surface area contributed by atoms with Crippen molar-refractivity contribution in [3.63, 3.8) is 0 Å². The summed E-state index contributed by atoms with van der Waals surface area (Å²) in [5.74, 6) is 0.433. The maximum atomic E-state index is 10.8. The Hall–Kier alpha value is -2.48. The number of non-ortho nitro benzene ring substituents is 1. The molecule has 0 unspecified atom stereocenters. The standard InChI is InChI=1S/C11H12N4O4/c1-7-9(6-16)12-13-14(7)10-5-8(15(17)18)3-4-11(10)19-2/h3-5,16H,6H2,1-2H3. The van der Waals surface area contributed by atoms with Crippen molar-refractivity contribution in [3.05, 3.63) is 39.7 Å². The minimum absolute atomic E-state index is 0.0729. The van der Waals surface area contributed by atoms with Crippen LogP contribution in [0.5, 0.6) is 5.75 Å². The van der Waals surface area contributed by atoms with Gasteiger partial charge in [0.15, 0.2) is 0 Å². The van der Waals surface area contributed by atoms with E-state index in [1.165, 1.54) is 30.0 Å². The molecule has 0 radical (unpaired) electrons. The molecule has 0 atom stereocenters. The van der Waals surface area contributed by atoms with Gasteiger partial charge in [0.05, 0.1) is 24.3 Å². The number of hydrogen-bond acceptors (Lipinski definition) is 6. The quantitative estimate of drug-likeness (QED) is 0.652. The van der Waals surface area contributed by atoms with Gasteiger partial charge in [-0.2, -0.15) is 0 Å². The molecule has 2 rings (SSSR count). The van der Waals surface area contributed by atoms with Crippen molar-refractivity contribution in [1.29, 1.82) is 0 Å². The fraction of sp³-hybridized carbons (Fsp3) is 0.273. The minimum Gasteiger partial charge on any atom is -0.494 e. The number of aromatic nitrogens is 3. The number of aliphatic hydroxyl groups excluding tert-OH is 1. The van der Waals surface area contributed by atoms with Gasteiger partial charge in [-0.15, -0.1) is 5.10 Å². The van der Waals surface area contributed by atoms with E-state index in [-0.39, 0.29) is 12.3 Å². The van der Waals surface area contributed by atoms with E-state index in [0.717, 1.165) is 0 Å². The molecule has 0 fully saturated rings. The van der Waals surface area contributed by atoms with Crippen LogP contribution in [0.3, 0.4) is 0 Å². The lowest BCUT2D eigenvalue weighted by molar-refractivity contribution is -0.384. The molecule has 100 valence electrons. The van der Waals surface area contributed by atoms with Gasteiger partial charge >= 0.3 is 0 Å². The van der Waals surface area contributed by atoms with E-state index >= 15 is 0 Å². The van der Waals surface area contributed by atoms with E-state index in [4.69, 9.17) is 9.84 Å². The molecule has 0 spiro atoms. The van der Waals surface area contributed by atoms with Gasteiger partial charge in [-0.1, -0.05) is 5.21 Å². The molecule has 19 heavy (non-hydrogen) atoms. The number of nitrogens with zero attached hydrogens (tertiary/aromatic N) is 4. The van der Waals surface area contributed by atoms with Gasteiger partial charge in [-0.25, -0.2) is 4.68 Å². The van der Waals surface area contributed by atoms with Gasteiger partial charge in [-0.3, -0.25) is 10.1 Å². The highest BCUT2D eigenvalue weighted by Gasteiger charge is 2.17. The first kappa shape index (κ1) is 13.0. The van der Waals surface area contributed by atoms with Crippen LogP contribution < -0.4 is 4.74 Å². The van der Waals surface area contributed by atoms with Gasteiger partial charge in [0.2, 0.25) is 0 Å². The molecule has 1 aromatic heterocycles. The van der Waals surface area contributed by atoms with Gasteiger partial charge in [-0.05, 0) is 13.0 Å². The first-order valence-corrected chi connectivity index (χ1v) is 5.43. The Kier molecular flexibility index (Phi) is 3.43. The molecule has 0 saturated carbocycles. The third kappa shape index (κ3) is 2.25. The fourth-order valence-electron chi connectivity index (χ4n) is 1.69. The molecule has 2 aromatic rings. The molecular formula is C11H12N4O4. The monoisotopic (exact) mass is 264 g/mol. The third-order valence-corrected chi connectivity index (χ3v) is 2.74. The van der Waals surface area contributed by atoms with E-state index < -0.39 is 4.92 Å². The summed E-state index contributed by atoms with van der Waals surface area (Å²) in [6.07, 6.45) is 0. The fourth-order valence-corrected chi connectivity index (χ4v) is 1.69. The van der Waals surface area contributed by atoms with Crippen molar-refractivity contribution in [2.45, 2.75) is 13.5 Å². The van der Waals surface area contributed by atoms with Crippen molar-refractivity contribution in [3.8, 4) is 11.4 Å². The summed E-state index contributed by atoms with van der Waals surface area (Å²) < 4.78 is 6.56. The smallest absolute Gasteiger partial charge is 0.271 e. The summed E-state index contributed by atoms with van der Waals surface area (Å²) in [6, 6.07) is 4.19. The van der Waals surface area contributed by atoms with Crippen LogP contribution in [0.4, 0.5) is 5.69 Å². The molecule has 1 heterocycles. The number of rotatable bonds is 4. The Morgan fingerprint density at radius 3 is 2.79 bits per heavy atom. The van der Waals surface area contributed by atoms with Crippen molar-refractivity contribution >= 4 is 5.69 Å². The van der Waals surface area contributed by atoms with Crippen LogP contribution in [0.15, 0.2) is 18.2 Å². The first-order valence-electron chi connectivity index (χ1n) is 5.43. The Bertz CT molecular complexity index is 623. The Balaban J connectivity index is 2.61. The van der Waals surface area contributed by atoms with Gasteiger partial charge in [0, 0.05) is 12.1 Å². The second-order valence-corrected chi connectivity index (χ2v) is 3.80. The highest BCUT2D eigenvalue weighted by molar-refractivity contribution is 5.53. The zero-order valence-corrected chi connectivity index (χ0v) is 10.4. The molecule has 8 nitrogen and oxygen atoms in total. The number of hydrogen-bond donors (Lipinski definition) is 1. The molecule has 0 aliphatic heterocycles. The lowest BCUT2D eigenvalue weighted by Crippen LogP contribution is -2.03. The van der Waals surface area contributed by atoms with Crippen molar-refractivity contribution in [1.82, 2.24) is 15.0 Å². The highest BCUT2D eigenvalue weighted by Crippen LogP contribution is 2.28. The van der Waals surface area contributed by atoms with Gasteiger partial charge < -0.3 is 9.84 Å². The van der Waals surface area contributed by atoms with Crippen LogP contribution >= 0.6 is 0 Å². The average Bonchev–Trinajstić information content (AvgIpc) is 2.78. The summed E-state index contributed by atoms with van der Waals surface area (Å²) in [5.41, 5.74) is 1.34. The van der Waals surface area contributed by atoms with Crippen LogP contribution in [0, 0.1) is 17.0 Å². The normalized spacial score (nSPS) is 10.5. The van der Waals surface area contributed by atoms with Crippen LogP contribution in [-0.2, 0) is 6.61 Å². The largest absolute Gasteiger partial charge is 0.494 e. The van der Waals surface area contributed by atoms with E-state index in [2.05, 4.69) is 10.3 Å². The number of benzene rings is 1. The maximum absolute atomic E-state index is 10.8. The third-order valence-electron chi connectivity index (χ3n) is 2.74. The maximum Gasteiger partial charge on any atom is 0.271 e.